The van der Waals surface area contributed by atoms with Gasteiger partial charge in [0.15, 0.2) is 0 Å². The summed E-state index contributed by atoms with van der Waals surface area (Å²) in [5, 5.41) is 3.92. The van der Waals surface area contributed by atoms with Crippen molar-refractivity contribution in [3.05, 3.63) is 23.7 Å². The van der Waals surface area contributed by atoms with E-state index in [1.54, 1.807) is 0 Å². The molecule has 2 aliphatic carbocycles. The molecular formula is C17H27NO. The lowest BCUT2D eigenvalue weighted by atomic mass is 9.92. The molecule has 0 spiro atoms. The van der Waals surface area contributed by atoms with E-state index < -0.39 is 0 Å². The van der Waals surface area contributed by atoms with Gasteiger partial charge in [-0.05, 0) is 44.1 Å². The van der Waals surface area contributed by atoms with Crippen molar-refractivity contribution in [2.24, 2.45) is 5.92 Å². The standard InChI is InChI=1S/C17H27NO/c1-2-13-5-3-6-14(10-9-13)18-16-7-4-8-17-15(16)11-12-19-17/h11-14,16,18H,2-10H2,1H3. The van der Waals surface area contributed by atoms with Gasteiger partial charge in [-0.15, -0.1) is 0 Å². The highest BCUT2D eigenvalue weighted by Crippen LogP contribution is 2.33. The number of nitrogens with one attached hydrogen (secondary N) is 1. The van der Waals surface area contributed by atoms with Gasteiger partial charge in [0.2, 0.25) is 0 Å². The number of hydrogen-bond donors (Lipinski definition) is 1. The van der Waals surface area contributed by atoms with Crippen molar-refractivity contribution in [3.63, 3.8) is 0 Å². The molecular weight excluding hydrogens is 234 g/mol. The van der Waals surface area contributed by atoms with E-state index in [4.69, 9.17) is 4.42 Å². The summed E-state index contributed by atoms with van der Waals surface area (Å²) in [7, 11) is 0. The van der Waals surface area contributed by atoms with Gasteiger partial charge in [-0.25, -0.2) is 0 Å². The van der Waals surface area contributed by atoms with E-state index in [0.717, 1.165) is 18.4 Å². The fourth-order valence-corrected chi connectivity index (χ4v) is 3.90. The van der Waals surface area contributed by atoms with Crippen LogP contribution in [-0.2, 0) is 6.42 Å². The first kappa shape index (κ1) is 13.2. The van der Waals surface area contributed by atoms with Gasteiger partial charge in [-0.2, -0.15) is 0 Å². The van der Waals surface area contributed by atoms with Crippen molar-refractivity contribution in [2.75, 3.05) is 0 Å². The average Bonchev–Trinajstić information content (AvgIpc) is 2.80. The largest absolute Gasteiger partial charge is 0.469 e. The quantitative estimate of drug-likeness (QED) is 0.804. The number of furan rings is 1. The zero-order valence-corrected chi connectivity index (χ0v) is 12.2. The monoisotopic (exact) mass is 261 g/mol. The molecule has 3 atom stereocenters. The minimum atomic E-state index is 0.547. The average molecular weight is 261 g/mol. The van der Waals surface area contributed by atoms with Crippen molar-refractivity contribution < 1.29 is 4.42 Å². The summed E-state index contributed by atoms with van der Waals surface area (Å²) in [4.78, 5) is 0. The summed E-state index contributed by atoms with van der Waals surface area (Å²) >= 11 is 0. The molecule has 0 radical (unpaired) electrons. The Bertz CT molecular complexity index is 398. The van der Waals surface area contributed by atoms with Crippen LogP contribution in [0, 0.1) is 5.92 Å². The zero-order valence-electron chi connectivity index (χ0n) is 12.2. The minimum absolute atomic E-state index is 0.547. The second-order valence-corrected chi connectivity index (χ2v) is 6.39. The van der Waals surface area contributed by atoms with Gasteiger partial charge in [0, 0.05) is 24.1 Å². The molecule has 3 rings (SSSR count). The molecule has 2 nitrogen and oxygen atoms in total. The zero-order chi connectivity index (χ0) is 13.1. The maximum absolute atomic E-state index is 5.59. The third kappa shape index (κ3) is 3.05. The lowest BCUT2D eigenvalue weighted by Gasteiger charge is -2.28. The number of fused-ring (bicyclic) bond motifs is 1. The summed E-state index contributed by atoms with van der Waals surface area (Å²) in [6.07, 6.45) is 13.9. The van der Waals surface area contributed by atoms with Gasteiger partial charge in [0.25, 0.3) is 0 Å². The Morgan fingerprint density at radius 2 is 2.11 bits per heavy atom. The molecule has 1 aromatic rings. The maximum Gasteiger partial charge on any atom is 0.108 e. The molecule has 1 N–H and O–H groups in total. The maximum atomic E-state index is 5.59. The van der Waals surface area contributed by atoms with Crippen LogP contribution in [0.25, 0.3) is 0 Å². The smallest absolute Gasteiger partial charge is 0.108 e. The Hall–Kier alpha value is -0.760. The first-order valence-corrected chi connectivity index (χ1v) is 8.19. The molecule has 2 heteroatoms. The molecule has 1 aromatic heterocycles. The lowest BCUT2D eigenvalue weighted by molar-refractivity contribution is 0.348. The van der Waals surface area contributed by atoms with E-state index in [-0.39, 0.29) is 0 Å². The van der Waals surface area contributed by atoms with Gasteiger partial charge in [0.05, 0.1) is 6.26 Å². The highest BCUT2D eigenvalue weighted by atomic mass is 16.3. The summed E-state index contributed by atoms with van der Waals surface area (Å²) in [6, 6.07) is 3.45. The van der Waals surface area contributed by atoms with Gasteiger partial charge >= 0.3 is 0 Å². The molecule has 106 valence electrons. The minimum Gasteiger partial charge on any atom is -0.469 e. The Morgan fingerprint density at radius 1 is 1.16 bits per heavy atom. The van der Waals surface area contributed by atoms with Gasteiger partial charge in [-0.1, -0.05) is 26.2 Å². The van der Waals surface area contributed by atoms with E-state index in [1.165, 1.54) is 62.7 Å². The topological polar surface area (TPSA) is 25.2 Å². The van der Waals surface area contributed by atoms with Crippen LogP contribution in [0.15, 0.2) is 16.7 Å². The second-order valence-electron chi connectivity index (χ2n) is 6.39. The molecule has 0 amide bonds. The summed E-state index contributed by atoms with van der Waals surface area (Å²) in [5.41, 5.74) is 1.43. The highest BCUT2D eigenvalue weighted by Gasteiger charge is 2.26. The second kappa shape index (κ2) is 6.13. The predicted molar refractivity (Wildman–Crippen MR) is 78.2 cm³/mol. The molecule has 0 bridgehead atoms. The third-order valence-electron chi connectivity index (χ3n) is 5.15. The summed E-state index contributed by atoms with van der Waals surface area (Å²) < 4.78 is 5.59. The van der Waals surface area contributed by atoms with E-state index in [9.17, 15) is 0 Å². The molecule has 1 saturated carbocycles. The fourth-order valence-electron chi connectivity index (χ4n) is 3.90. The number of rotatable bonds is 3. The van der Waals surface area contributed by atoms with E-state index >= 15 is 0 Å². The van der Waals surface area contributed by atoms with Crippen LogP contribution in [0.2, 0.25) is 0 Å². The molecule has 19 heavy (non-hydrogen) atoms. The van der Waals surface area contributed by atoms with Crippen LogP contribution >= 0.6 is 0 Å². The fraction of sp³-hybridized carbons (Fsp3) is 0.765. The van der Waals surface area contributed by atoms with E-state index in [0.29, 0.717) is 6.04 Å². The highest BCUT2D eigenvalue weighted by molar-refractivity contribution is 5.24. The van der Waals surface area contributed by atoms with Crippen LogP contribution in [0.4, 0.5) is 0 Å². The van der Waals surface area contributed by atoms with Crippen molar-refractivity contribution in [1.29, 1.82) is 0 Å². The third-order valence-corrected chi connectivity index (χ3v) is 5.15. The van der Waals surface area contributed by atoms with Crippen molar-refractivity contribution in [3.8, 4) is 0 Å². The number of hydrogen-bond acceptors (Lipinski definition) is 2. The molecule has 3 unspecified atom stereocenters. The molecule has 0 saturated heterocycles. The van der Waals surface area contributed by atoms with Crippen LogP contribution < -0.4 is 5.32 Å². The number of aryl methyl sites for hydroxylation is 1. The van der Waals surface area contributed by atoms with E-state index in [2.05, 4.69) is 18.3 Å². The molecule has 1 heterocycles. The van der Waals surface area contributed by atoms with E-state index in [1.807, 2.05) is 6.26 Å². The molecule has 1 fully saturated rings. The summed E-state index contributed by atoms with van der Waals surface area (Å²) in [6.45, 7) is 2.34. The van der Waals surface area contributed by atoms with Crippen LogP contribution in [0.3, 0.4) is 0 Å². The SMILES string of the molecule is CCC1CCCC(NC2CCCc3occc32)CC1. The molecule has 0 aromatic carbocycles. The van der Waals surface area contributed by atoms with Crippen molar-refractivity contribution >= 4 is 0 Å². The Balaban J connectivity index is 1.60. The Kier molecular flexibility index (Phi) is 4.27. The van der Waals surface area contributed by atoms with Crippen LogP contribution in [0.5, 0.6) is 0 Å². The first-order chi connectivity index (χ1) is 9.36. The molecule has 0 aliphatic heterocycles. The summed E-state index contributed by atoms with van der Waals surface area (Å²) in [5.74, 6) is 2.20. The van der Waals surface area contributed by atoms with Crippen molar-refractivity contribution in [1.82, 2.24) is 5.32 Å². The van der Waals surface area contributed by atoms with Crippen molar-refractivity contribution in [2.45, 2.75) is 76.8 Å². The van der Waals surface area contributed by atoms with Gasteiger partial charge in [-0.3, -0.25) is 0 Å². The van der Waals surface area contributed by atoms with Gasteiger partial charge < -0.3 is 9.73 Å². The lowest BCUT2D eigenvalue weighted by Crippen LogP contribution is -2.34. The molecule has 2 aliphatic rings. The first-order valence-electron chi connectivity index (χ1n) is 8.19. The van der Waals surface area contributed by atoms with Crippen LogP contribution in [-0.4, -0.2) is 6.04 Å². The Morgan fingerprint density at radius 3 is 3.00 bits per heavy atom. The predicted octanol–water partition coefficient (Wildman–Crippen LogP) is 4.61. The Labute approximate surface area is 117 Å². The normalized spacial score (nSPS) is 31.7. The van der Waals surface area contributed by atoms with Gasteiger partial charge in [0.1, 0.15) is 5.76 Å². The van der Waals surface area contributed by atoms with Crippen LogP contribution in [0.1, 0.15) is 75.7 Å².